The summed E-state index contributed by atoms with van der Waals surface area (Å²) in [4.78, 5) is 56.0. The zero-order valence-electron chi connectivity index (χ0n) is 38.7. The maximum Gasteiger partial charge on any atom is 0.341 e. The van der Waals surface area contributed by atoms with E-state index >= 15 is 0 Å². The van der Waals surface area contributed by atoms with E-state index in [1.165, 1.54) is 4.31 Å². The quantitative estimate of drug-likeness (QED) is 0.0351. The molecule has 0 bridgehead atoms. The molecule has 4 aromatic rings. The zero-order valence-corrected chi connectivity index (χ0v) is 41.1. The van der Waals surface area contributed by atoms with Crippen molar-refractivity contribution in [2.24, 2.45) is 4.99 Å². The molecule has 70 heavy (non-hydrogen) atoms. The summed E-state index contributed by atoms with van der Waals surface area (Å²) >= 11 is 7.71. The van der Waals surface area contributed by atoms with Gasteiger partial charge in [-0.3, -0.25) is 19.9 Å². The summed E-state index contributed by atoms with van der Waals surface area (Å²) in [6.45, 7) is 8.31. The molecule has 19 nitrogen and oxygen atoms in total. The zero-order chi connectivity index (χ0) is 50.2. The number of halogens is 1. The van der Waals surface area contributed by atoms with Crippen molar-refractivity contribution in [3.8, 4) is 16.2 Å². The molecule has 0 spiro atoms. The van der Waals surface area contributed by atoms with Gasteiger partial charge in [-0.05, 0) is 61.7 Å². The van der Waals surface area contributed by atoms with Crippen molar-refractivity contribution in [1.29, 1.82) is 0 Å². The first-order chi connectivity index (χ1) is 33.1. The molecule has 2 atom stereocenters. The van der Waals surface area contributed by atoms with E-state index in [1.807, 2.05) is 38.1 Å². The number of aliphatic hydroxyl groups excluding tert-OH is 1. The number of carbonyl (C=O) groups excluding carboxylic acids is 3. The van der Waals surface area contributed by atoms with E-state index in [0.29, 0.717) is 46.8 Å². The molecular formula is C48H55ClN8O11S2. The molecule has 0 saturated carbocycles. The Kier molecular flexibility index (Phi) is 14.5. The maximum atomic E-state index is 14.0. The Bertz CT molecular complexity index is 2880. The summed E-state index contributed by atoms with van der Waals surface area (Å²) in [5, 5.41) is 55.5. The van der Waals surface area contributed by atoms with E-state index in [9.17, 15) is 43.1 Å². The Labute approximate surface area is 414 Å². The van der Waals surface area contributed by atoms with Gasteiger partial charge in [0, 0.05) is 59.6 Å². The molecular weight excluding hydrogens is 964 g/mol. The van der Waals surface area contributed by atoms with Gasteiger partial charge in [-0.15, -0.1) is 11.3 Å². The highest BCUT2D eigenvalue weighted by molar-refractivity contribution is 7.88. The average molecular weight is 1020 g/mol. The normalized spacial score (nSPS) is 21.8. The number of thiophene rings is 1. The summed E-state index contributed by atoms with van der Waals surface area (Å²) in [7, 11) is -3.84. The fraction of sp³-hybridized carbons (Fsp3) is 0.396. The van der Waals surface area contributed by atoms with Gasteiger partial charge in [0.25, 0.3) is 5.91 Å². The van der Waals surface area contributed by atoms with Crippen LogP contribution in [-0.2, 0) is 43.2 Å². The molecule has 2 unspecified atom stereocenters. The molecule has 5 heterocycles. The largest absolute Gasteiger partial charge is 0.633 e. The predicted octanol–water partition coefficient (Wildman–Crippen LogP) is 6.95. The van der Waals surface area contributed by atoms with E-state index in [4.69, 9.17) is 26.4 Å². The SMILES string of the molecule is C=C(O)c1sc(-c2cccc(N=C3CCN(S(=O)(=O)Cc4cccc(NC(=O)N5CC[N+]([O-])(CCNc6cccc7c6C[N+]([O-])(C6CCC(=O)NC6=O)C7)CC5)c4)C(C)(C)C3)c2)c(Cl)c1OCC(=O)O. The van der Waals surface area contributed by atoms with Gasteiger partial charge < -0.3 is 50.2 Å². The smallest absolute Gasteiger partial charge is 0.341 e. The summed E-state index contributed by atoms with van der Waals surface area (Å²) in [5.41, 5.74) is 4.50. The second-order valence-electron chi connectivity index (χ2n) is 18.8. The van der Waals surface area contributed by atoms with E-state index in [2.05, 4.69) is 22.5 Å². The number of aliphatic hydroxyl groups is 1. The van der Waals surface area contributed by atoms with Crippen molar-refractivity contribution in [3.05, 3.63) is 110 Å². The van der Waals surface area contributed by atoms with Crippen LogP contribution >= 0.6 is 22.9 Å². The molecule has 4 aliphatic heterocycles. The highest BCUT2D eigenvalue weighted by Crippen LogP contribution is 2.48. The third kappa shape index (κ3) is 11.2. The Hall–Kier alpha value is -5.91. The highest BCUT2D eigenvalue weighted by atomic mass is 35.5. The molecule has 1 aromatic heterocycles. The van der Waals surface area contributed by atoms with E-state index in [0.717, 1.165) is 33.9 Å². The second-order valence-corrected chi connectivity index (χ2v) is 22.1. The number of sulfonamides is 1. The number of carboxylic acid groups (broad SMARTS) is 1. The summed E-state index contributed by atoms with van der Waals surface area (Å²) in [5.74, 6) is -2.71. The molecule has 8 rings (SSSR count). The Morgan fingerprint density at radius 1 is 1.03 bits per heavy atom. The number of piperazine rings is 1. The minimum atomic E-state index is -3.84. The van der Waals surface area contributed by atoms with Crippen LogP contribution in [0.4, 0.5) is 21.9 Å². The molecule has 3 aromatic carbocycles. The molecule has 0 aliphatic carbocycles. The number of imide groups is 1. The number of aliphatic imine (C=N–C) groups is 1. The number of hydrogen-bond acceptors (Lipinski definition) is 13. The number of quaternary nitrogens is 2. The van der Waals surface area contributed by atoms with Crippen molar-refractivity contribution in [1.82, 2.24) is 14.5 Å². The number of hydrogen-bond donors (Lipinski definition) is 5. The first-order valence-corrected chi connectivity index (χ1v) is 25.6. The fourth-order valence-corrected chi connectivity index (χ4v) is 13.1. The molecule has 22 heteroatoms. The van der Waals surface area contributed by atoms with Crippen LogP contribution in [0.3, 0.4) is 0 Å². The maximum absolute atomic E-state index is 14.0. The predicted molar refractivity (Wildman–Crippen MR) is 267 cm³/mol. The van der Waals surface area contributed by atoms with Gasteiger partial charge in [-0.25, -0.2) is 18.0 Å². The third-order valence-corrected chi connectivity index (χ3v) is 17.0. The molecule has 5 N–H and O–H groups in total. The van der Waals surface area contributed by atoms with E-state index in [1.54, 1.807) is 47.4 Å². The number of benzene rings is 3. The Balaban J connectivity index is 0.825. The first kappa shape index (κ1) is 50.5. The Morgan fingerprint density at radius 2 is 1.77 bits per heavy atom. The third-order valence-electron chi connectivity index (χ3n) is 13.2. The number of piperidine rings is 2. The van der Waals surface area contributed by atoms with E-state index < -0.39 is 55.4 Å². The molecule has 3 fully saturated rings. The summed E-state index contributed by atoms with van der Waals surface area (Å²) in [6, 6.07) is 18.2. The van der Waals surface area contributed by atoms with Gasteiger partial charge in [-0.2, -0.15) is 4.31 Å². The van der Waals surface area contributed by atoms with Crippen molar-refractivity contribution in [3.63, 3.8) is 0 Å². The lowest BCUT2D eigenvalue weighted by Gasteiger charge is -2.48. The molecule has 372 valence electrons. The molecule has 4 amide bonds. The van der Waals surface area contributed by atoms with Crippen LogP contribution in [0.25, 0.3) is 16.2 Å². The number of aliphatic carboxylic acids is 1. The number of carboxylic acids is 1. The molecule has 0 radical (unpaired) electrons. The number of nitrogens with zero attached hydrogens (tertiary/aromatic N) is 5. The minimum Gasteiger partial charge on any atom is -0.633 e. The van der Waals surface area contributed by atoms with Crippen molar-refractivity contribution in [2.75, 3.05) is 63.1 Å². The summed E-state index contributed by atoms with van der Waals surface area (Å²) < 4.78 is 33.6. The second kappa shape index (κ2) is 20.1. The van der Waals surface area contributed by atoms with E-state index in [-0.39, 0.29) is 98.3 Å². The number of fused-ring (bicyclic) bond motifs is 1. The van der Waals surface area contributed by atoms with Crippen molar-refractivity contribution in [2.45, 2.75) is 70.0 Å². The van der Waals surface area contributed by atoms with Crippen LogP contribution in [0, 0.1) is 10.4 Å². The van der Waals surface area contributed by atoms with Crippen LogP contribution in [0.2, 0.25) is 5.02 Å². The lowest BCUT2D eigenvalue weighted by molar-refractivity contribution is -0.916. The first-order valence-electron chi connectivity index (χ1n) is 22.8. The van der Waals surface area contributed by atoms with Crippen LogP contribution < -0.4 is 20.7 Å². The number of urea groups is 1. The van der Waals surface area contributed by atoms with Crippen LogP contribution in [0.1, 0.15) is 61.1 Å². The number of carbonyl (C=O) groups is 4. The number of rotatable bonds is 15. The molecule has 4 aliphatic rings. The van der Waals surface area contributed by atoms with Crippen LogP contribution in [0.15, 0.2) is 78.3 Å². The fourth-order valence-electron chi connectivity index (χ4n) is 9.73. The monoisotopic (exact) mass is 1020 g/mol. The number of anilines is 2. The number of hydroxylamine groups is 6. The highest BCUT2D eigenvalue weighted by Gasteiger charge is 2.44. The average Bonchev–Trinajstić information content (AvgIpc) is 3.82. The Morgan fingerprint density at radius 3 is 2.49 bits per heavy atom. The van der Waals surface area contributed by atoms with Crippen LogP contribution in [0.5, 0.6) is 5.75 Å². The standard InChI is InChI=1S/C48H55ClN8O11S2/c1-30(58)44-43(68-28-41(60)61)42(49)45(69-44)32-8-5-11-35(24-32)51-36-15-17-55(48(2,3)25-36)70(66,67)29-31-7-4-10-34(23-31)52-47(63)54-18-21-56(64,22-19-54)20-16-50-38-12-6-9-33-26-57(65,27-37(33)38)39-13-14-40(59)53-46(39)62/h4-12,23-24,39,50,58H,1,13-22,25-29H2,2-3H3,(H,52,63)(H,60,61)(H,53,59,62). The number of nitrogens with one attached hydrogen (secondary N) is 3. The number of ether oxygens (including phenoxy) is 1. The lowest BCUT2D eigenvalue weighted by atomic mass is 9.91. The van der Waals surface area contributed by atoms with Gasteiger partial charge in [0.2, 0.25) is 15.9 Å². The van der Waals surface area contributed by atoms with Gasteiger partial charge in [-0.1, -0.05) is 54.6 Å². The van der Waals surface area contributed by atoms with Gasteiger partial charge >= 0.3 is 12.0 Å². The van der Waals surface area contributed by atoms with Gasteiger partial charge in [0.1, 0.15) is 28.7 Å². The topological polar surface area (TPSA) is 253 Å². The van der Waals surface area contributed by atoms with Crippen LogP contribution in [-0.4, -0.2) is 131 Å². The van der Waals surface area contributed by atoms with Crippen molar-refractivity contribution < 1.29 is 51.8 Å². The minimum absolute atomic E-state index is 0.0213. The van der Waals surface area contributed by atoms with Gasteiger partial charge in [0.15, 0.2) is 18.4 Å². The molecule has 3 saturated heterocycles. The summed E-state index contributed by atoms with van der Waals surface area (Å²) in [6.07, 6.45) is 1.07. The number of amides is 4. The van der Waals surface area contributed by atoms with Gasteiger partial charge in [0.05, 0.1) is 55.6 Å². The lowest BCUT2D eigenvalue weighted by Crippen LogP contribution is -2.59. The van der Waals surface area contributed by atoms with Crippen molar-refractivity contribution >= 4 is 85.3 Å².